The standard InChI is InChI=1S/C22H24ClN3O2/c1-12-10-14(23)6-7-15(12)19-9-8-16-17(22(27)25(3)4)11-18-20(21(16)28-19)24-13(2)26(18)5/h6-7,10-11,19H,8-9H2,1-5H3/t19-/m0/s1. The minimum atomic E-state index is -0.0833. The van der Waals surface area contributed by atoms with Crippen LogP contribution in [0.5, 0.6) is 5.75 Å². The molecular formula is C22H24ClN3O2. The van der Waals surface area contributed by atoms with E-state index in [2.05, 4.69) is 0 Å². The Morgan fingerprint density at radius 3 is 2.71 bits per heavy atom. The number of imidazole rings is 1. The first-order valence-corrected chi connectivity index (χ1v) is 9.79. The third-order valence-electron chi connectivity index (χ3n) is 5.59. The minimum Gasteiger partial charge on any atom is -0.483 e. The van der Waals surface area contributed by atoms with Crippen LogP contribution < -0.4 is 4.74 Å². The number of benzene rings is 2. The summed E-state index contributed by atoms with van der Waals surface area (Å²) in [5, 5.41) is 0.721. The number of hydrogen-bond donors (Lipinski definition) is 0. The summed E-state index contributed by atoms with van der Waals surface area (Å²) in [7, 11) is 5.51. The van der Waals surface area contributed by atoms with Crippen LogP contribution in [0.4, 0.5) is 0 Å². The maximum absolute atomic E-state index is 12.8. The fraction of sp³-hybridized carbons (Fsp3) is 0.364. The lowest BCUT2D eigenvalue weighted by atomic mass is 9.91. The van der Waals surface area contributed by atoms with E-state index in [1.807, 2.05) is 49.7 Å². The number of halogens is 1. The molecule has 28 heavy (non-hydrogen) atoms. The molecule has 0 saturated carbocycles. The van der Waals surface area contributed by atoms with Crippen LogP contribution in [0.15, 0.2) is 24.3 Å². The molecule has 0 fully saturated rings. The average molecular weight is 398 g/mol. The van der Waals surface area contributed by atoms with Gasteiger partial charge >= 0.3 is 0 Å². The van der Waals surface area contributed by atoms with Crippen molar-refractivity contribution < 1.29 is 9.53 Å². The van der Waals surface area contributed by atoms with Gasteiger partial charge in [0.2, 0.25) is 0 Å². The van der Waals surface area contributed by atoms with Crippen molar-refractivity contribution in [2.24, 2.45) is 7.05 Å². The number of ether oxygens (including phenoxy) is 1. The highest BCUT2D eigenvalue weighted by molar-refractivity contribution is 6.30. The van der Waals surface area contributed by atoms with Gasteiger partial charge in [-0.3, -0.25) is 4.79 Å². The van der Waals surface area contributed by atoms with Crippen LogP contribution in [-0.4, -0.2) is 34.5 Å². The van der Waals surface area contributed by atoms with Crippen LogP contribution in [0.25, 0.3) is 11.0 Å². The number of carbonyl (C=O) groups is 1. The molecule has 0 saturated heterocycles. The number of aromatic nitrogens is 2. The highest BCUT2D eigenvalue weighted by Crippen LogP contribution is 2.42. The van der Waals surface area contributed by atoms with E-state index >= 15 is 0 Å². The molecule has 2 aromatic carbocycles. The molecule has 1 amide bonds. The highest BCUT2D eigenvalue weighted by atomic mass is 35.5. The lowest BCUT2D eigenvalue weighted by Gasteiger charge is -2.29. The molecule has 146 valence electrons. The molecule has 0 N–H and O–H groups in total. The smallest absolute Gasteiger partial charge is 0.253 e. The molecule has 5 nitrogen and oxygen atoms in total. The number of hydrogen-bond acceptors (Lipinski definition) is 3. The van der Waals surface area contributed by atoms with Crippen molar-refractivity contribution in [2.45, 2.75) is 32.8 Å². The van der Waals surface area contributed by atoms with Gasteiger partial charge in [0, 0.05) is 37.3 Å². The van der Waals surface area contributed by atoms with Crippen molar-refractivity contribution in [3.63, 3.8) is 0 Å². The van der Waals surface area contributed by atoms with E-state index in [1.165, 1.54) is 0 Å². The van der Waals surface area contributed by atoms with Crippen LogP contribution in [0, 0.1) is 13.8 Å². The number of fused-ring (bicyclic) bond motifs is 3. The van der Waals surface area contributed by atoms with E-state index in [1.54, 1.807) is 19.0 Å². The Labute approximate surface area is 169 Å². The Kier molecular flexibility index (Phi) is 4.58. The first kappa shape index (κ1) is 18.8. The first-order valence-electron chi connectivity index (χ1n) is 9.41. The average Bonchev–Trinajstić information content (AvgIpc) is 2.94. The summed E-state index contributed by atoms with van der Waals surface area (Å²) in [6, 6.07) is 7.84. The molecule has 0 aliphatic carbocycles. The van der Waals surface area contributed by atoms with Gasteiger partial charge in [-0.2, -0.15) is 0 Å². The van der Waals surface area contributed by atoms with Gasteiger partial charge in [-0.1, -0.05) is 17.7 Å². The zero-order chi connectivity index (χ0) is 20.2. The van der Waals surface area contributed by atoms with Crippen molar-refractivity contribution >= 4 is 28.5 Å². The SMILES string of the molecule is Cc1cc(Cl)ccc1[C@@H]1CCc2c(C(=O)N(C)C)cc3c(nc(C)n3C)c2O1. The molecule has 1 aliphatic rings. The third-order valence-corrected chi connectivity index (χ3v) is 5.83. The second kappa shape index (κ2) is 6.82. The van der Waals surface area contributed by atoms with Gasteiger partial charge < -0.3 is 14.2 Å². The highest BCUT2D eigenvalue weighted by Gasteiger charge is 2.30. The topological polar surface area (TPSA) is 47.4 Å². The summed E-state index contributed by atoms with van der Waals surface area (Å²) >= 11 is 6.12. The monoisotopic (exact) mass is 397 g/mol. The number of aryl methyl sites for hydroxylation is 3. The summed E-state index contributed by atoms with van der Waals surface area (Å²) in [6.07, 6.45) is 1.49. The van der Waals surface area contributed by atoms with Gasteiger partial charge in [0.1, 0.15) is 17.4 Å². The molecule has 1 aromatic heterocycles. The normalized spacial score (nSPS) is 16.0. The fourth-order valence-corrected chi connectivity index (χ4v) is 4.18. The van der Waals surface area contributed by atoms with Crippen LogP contribution in [0.1, 0.15) is 45.4 Å². The summed E-state index contributed by atoms with van der Waals surface area (Å²) < 4.78 is 8.50. The van der Waals surface area contributed by atoms with Gasteiger partial charge in [-0.05, 0) is 56.0 Å². The number of amides is 1. The maximum Gasteiger partial charge on any atom is 0.253 e. The second-order valence-electron chi connectivity index (χ2n) is 7.66. The molecular weight excluding hydrogens is 374 g/mol. The molecule has 3 aromatic rings. The zero-order valence-corrected chi connectivity index (χ0v) is 17.6. The van der Waals surface area contributed by atoms with E-state index < -0.39 is 0 Å². The predicted octanol–water partition coefficient (Wildman–Crippen LogP) is 4.61. The summed E-state index contributed by atoms with van der Waals surface area (Å²) in [5.74, 6) is 1.61. The van der Waals surface area contributed by atoms with E-state index in [-0.39, 0.29) is 12.0 Å². The van der Waals surface area contributed by atoms with Gasteiger partial charge in [-0.25, -0.2) is 4.98 Å². The van der Waals surface area contributed by atoms with Gasteiger partial charge in [-0.15, -0.1) is 0 Å². The molecule has 0 unspecified atom stereocenters. The molecule has 0 spiro atoms. The molecule has 0 bridgehead atoms. The zero-order valence-electron chi connectivity index (χ0n) is 16.8. The predicted molar refractivity (Wildman–Crippen MR) is 111 cm³/mol. The molecule has 6 heteroatoms. The summed E-state index contributed by atoms with van der Waals surface area (Å²) in [6.45, 7) is 4.01. The summed E-state index contributed by atoms with van der Waals surface area (Å²) in [4.78, 5) is 19.2. The molecule has 1 aliphatic heterocycles. The first-order chi connectivity index (χ1) is 13.3. The van der Waals surface area contributed by atoms with E-state index in [9.17, 15) is 4.79 Å². The summed E-state index contributed by atoms with van der Waals surface area (Å²) in [5.41, 5.74) is 5.61. The fourth-order valence-electron chi connectivity index (χ4n) is 3.95. The second-order valence-corrected chi connectivity index (χ2v) is 8.10. The maximum atomic E-state index is 12.8. The number of carbonyl (C=O) groups excluding carboxylic acids is 1. The van der Waals surface area contributed by atoms with Gasteiger partial charge in [0.25, 0.3) is 5.91 Å². The molecule has 0 radical (unpaired) electrons. The number of nitrogens with zero attached hydrogens (tertiary/aromatic N) is 3. The Morgan fingerprint density at radius 2 is 2.04 bits per heavy atom. The Balaban J connectivity index is 1.89. The van der Waals surface area contributed by atoms with Crippen LogP contribution in [0.2, 0.25) is 5.02 Å². The Bertz CT molecular complexity index is 1100. The third kappa shape index (κ3) is 2.94. The van der Waals surface area contributed by atoms with Gasteiger partial charge in [0.05, 0.1) is 5.52 Å². The van der Waals surface area contributed by atoms with Crippen molar-refractivity contribution in [1.82, 2.24) is 14.5 Å². The van der Waals surface area contributed by atoms with Crippen LogP contribution in [-0.2, 0) is 13.5 Å². The Morgan fingerprint density at radius 1 is 1.29 bits per heavy atom. The van der Waals surface area contributed by atoms with Crippen molar-refractivity contribution in [1.29, 1.82) is 0 Å². The van der Waals surface area contributed by atoms with Gasteiger partial charge in [0.15, 0.2) is 5.75 Å². The van der Waals surface area contributed by atoms with Crippen LogP contribution >= 0.6 is 11.6 Å². The van der Waals surface area contributed by atoms with Crippen LogP contribution in [0.3, 0.4) is 0 Å². The van der Waals surface area contributed by atoms with Crippen molar-refractivity contribution in [3.8, 4) is 5.75 Å². The van der Waals surface area contributed by atoms with Crippen molar-refractivity contribution in [3.05, 3.63) is 57.4 Å². The van der Waals surface area contributed by atoms with E-state index in [0.717, 1.165) is 57.2 Å². The minimum absolute atomic E-state index is 0.0123. The quantitative estimate of drug-likeness (QED) is 0.634. The van der Waals surface area contributed by atoms with Crippen molar-refractivity contribution in [2.75, 3.05) is 14.1 Å². The molecule has 4 rings (SSSR count). The lowest BCUT2D eigenvalue weighted by molar-refractivity contribution is 0.0823. The van der Waals surface area contributed by atoms with E-state index in [4.69, 9.17) is 21.3 Å². The molecule has 1 atom stereocenters. The largest absolute Gasteiger partial charge is 0.483 e. The lowest BCUT2D eigenvalue weighted by Crippen LogP contribution is -2.25. The van der Waals surface area contributed by atoms with E-state index in [0.29, 0.717) is 5.56 Å². The molecule has 2 heterocycles. The number of rotatable bonds is 2. The Hall–Kier alpha value is -2.53.